The fourth-order valence-corrected chi connectivity index (χ4v) is 8.29. The second kappa shape index (κ2) is 14.0. The van der Waals surface area contributed by atoms with Gasteiger partial charge in [-0.1, -0.05) is 51.0 Å². The molecule has 234 valence electrons. The van der Waals surface area contributed by atoms with Crippen LogP contribution in [0.4, 0.5) is 5.69 Å². The zero-order chi connectivity index (χ0) is 30.6. The first-order valence-corrected chi connectivity index (χ1v) is 17.6. The van der Waals surface area contributed by atoms with Gasteiger partial charge >= 0.3 is 0 Å². The zero-order valence-corrected chi connectivity index (χ0v) is 27.1. The van der Waals surface area contributed by atoms with Crippen LogP contribution in [0.3, 0.4) is 0 Å². The maximum atomic E-state index is 13.1. The van der Waals surface area contributed by atoms with Crippen molar-refractivity contribution in [2.75, 3.05) is 18.9 Å². The van der Waals surface area contributed by atoms with E-state index in [4.69, 9.17) is 15.9 Å². The Balaban J connectivity index is 0.000000217. The highest BCUT2D eigenvalue weighted by Crippen LogP contribution is 2.41. The second-order valence-corrected chi connectivity index (χ2v) is 14.2. The molecule has 1 aromatic heterocycles. The van der Waals surface area contributed by atoms with Crippen molar-refractivity contribution in [3.8, 4) is 0 Å². The lowest BCUT2D eigenvalue weighted by molar-refractivity contribution is -0.0955. The molecule has 1 aliphatic carbocycles. The van der Waals surface area contributed by atoms with Crippen molar-refractivity contribution < 1.29 is 9.53 Å². The Labute approximate surface area is 266 Å². The first-order chi connectivity index (χ1) is 21.4. The molecule has 2 aromatic carbocycles. The summed E-state index contributed by atoms with van der Waals surface area (Å²) in [6, 6.07) is 18.0. The molecule has 3 saturated heterocycles. The van der Waals surface area contributed by atoms with E-state index in [0.29, 0.717) is 28.4 Å². The molecule has 4 fully saturated rings. The van der Waals surface area contributed by atoms with Crippen LogP contribution < -0.4 is 11.1 Å². The van der Waals surface area contributed by atoms with E-state index in [-0.39, 0.29) is 11.9 Å². The highest BCUT2D eigenvalue weighted by atomic mass is 32.1. The summed E-state index contributed by atoms with van der Waals surface area (Å²) in [4.78, 5) is 15.9. The summed E-state index contributed by atoms with van der Waals surface area (Å²) in [6.45, 7) is 6.57. The molecule has 4 heterocycles. The molecule has 4 N–H and O–H groups in total. The Morgan fingerprint density at radius 3 is 2.30 bits per heavy atom. The van der Waals surface area contributed by atoms with Gasteiger partial charge in [0.05, 0.1) is 31.0 Å². The van der Waals surface area contributed by atoms with Crippen LogP contribution in [0.25, 0.3) is 0 Å². The minimum Gasteiger partial charge on any atom is -0.398 e. The van der Waals surface area contributed by atoms with E-state index in [1.807, 2.05) is 12.1 Å². The number of hydrogen-bond acceptors (Lipinski definition) is 6. The van der Waals surface area contributed by atoms with E-state index in [9.17, 15) is 4.79 Å². The van der Waals surface area contributed by atoms with Crippen molar-refractivity contribution in [2.24, 2.45) is 11.8 Å². The maximum absolute atomic E-state index is 13.1. The standard InChI is InChI=1S/C26H29N3OS.C11H19NO/c1-2-4-17-7-9-18(10-8-17)24(28)22-15-20(11-12-23(22)27)26(30)29-25(19-5-3-6-19)21-13-14-31-16-21;1-8-4-9-2-3-10(5-8)12(9)11-6-13-7-11/h7-16,19,25,28H,2-6,27H2,1H3,(H,29,30);8-11H,2-7H2,1H3. The summed E-state index contributed by atoms with van der Waals surface area (Å²) in [6.07, 6.45) is 11.4. The van der Waals surface area contributed by atoms with Gasteiger partial charge in [0.1, 0.15) is 0 Å². The minimum absolute atomic E-state index is 0.0408. The van der Waals surface area contributed by atoms with Crippen LogP contribution in [0, 0.1) is 17.2 Å². The monoisotopic (exact) mass is 612 g/mol. The van der Waals surface area contributed by atoms with E-state index >= 15 is 0 Å². The number of thiophene rings is 1. The number of ether oxygens (including phenoxy) is 1. The van der Waals surface area contributed by atoms with Gasteiger partial charge in [-0.05, 0) is 103 Å². The maximum Gasteiger partial charge on any atom is 0.251 e. The van der Waals surface area contributed by atoms with Gasteiger partial charge in [-0.15, -0.1) is 0 Å². The molecule has 3 aromatic rings. The molecule has 3 aliphatic heterocycles. The van der Waals surface area contributed by atoms with Gasteiger partial charge in [-0.25, -0.2) is 0 Å². The van der Waals surface area contributed by atoms with Crippen LogP contribution in [0.1, 0.15) is 104 Å². The number of rotatable bonds is 9. The summed E-state index contributed by atoms with van der Waals surface area (Å²) in [5.74, 6) is 1.34. The number of amides is 1. The molecule has 2 bridgehead atoms. The van der Waals surface area contributed by atoms with Crippen molar-refractivity contribution in [2.45, 2.75) is 95.8 Å². The Bertz CT molecular complexity index is 1400. The highest BCUT2D eigenvalue weighted by Gasteiger charge is 2.44. The SMILES string of the molecule is CC1CC2CCC(C1)N2C1COC1.CCCc1ccc(C(=N)c2cc(C(=O)NC(c3ccsc3)C3CCC3)ccc2N)cc1. The predicted molar refractivity (Wildman–Crippen MR) is 181 cm³/mol. The van der Waals surface area contributed by atoms with Gasteiger partial charge in [0.2, 0.25) is 0 Å². The molecule has 1 amide bonds. The van der Waals surface area contributed by atoms with Crippen molar-refractivity contribution in [3.05, 3.63) is 87.1 Å². The first-order valence-electron chi connectivity index (χ1n) is 16.7. The first kappa shape index (κ1) is 31.0. The molecule has 0 spiro atoms. The van der Waals surface area contributed by atoms with E-state index in [2.05, 4.69) is 53.0 Å². The van der Waals surface area contributed by atoms with Crippen molar-refractivity contribution >= 4 is 28.6 Å². The molecule has 0 radical (unpaired) electrons. The molecular weight excluding hydrogens is 565 g/mol. The summed E-state index contributed by atoms with van der Waals surface area (Å²) in [5.41, 5.74) is 11.4. The molecule has 4 aliphatic rings. The smallest absolute Gasteiger partial charge is 0.251 e. The molecule has 3 unspecified atom stereocenters. The van der Waals surface area contributed by atoms with Gasteiger partial charge < -0.3 is 15.8 Å². The molecule has 7 heteroatoms. The fourth-order valence-electron chi connectivity index (χ4n) is 7.60. The number of nitrogens with one attached hydrogen (secondary N) is 2. The Morgan fingerprint density at radius 2 is 1.73 bits per heavy atom. The average Bonchev–Trinajstić information content (AvgIpc) is 3.58. The van der Waals surface area contributed by atoms with Crippen molar-refractivity contribution in [3.63, 3.8) is 0 Å². The summed E-state index contributed by atoms with van der Waals surface area (Å²) in [7, 11) is 0. The van der Waals surface area contributed by atoms with Gasteiger partial charge in [0.15, 0.2) is 0 Å². The van der Waals surface area contributed by atoms with E-state index < -0.39 is 0 Å². The van der Waals surface area contributed by atoms with Gasteiger partial charge in [-0.3, -0.25) is 15.1 Å². The number of hydrogen-bond donors (Lipinski definition) is 3. The van der Waals surface area contributed by atoms with Crippen LogP contribution in [-0.4, -0.2) is 47.9 Å². The number of nitrogens with zero attached hydrogens (tertiary/aromatic N) is 1. The number of fused-ring (bicyclic) bond motifs is 2. The third-order valence-electron chi connectivity index (χ3n) is 10.2. The number of carbonyl (C=O) groups excluding carboxylic acids is 1. The zero-order valence-electron chi connectivity index (χ0n) is 26.3. The Morgan fingerprint density at radius 1 is 1.02 bits per heavy atom. The van der Waals surface area contributed by atoms with Crippen LogP contribution in [0.2, 0.25) is 0 Å². The Hall–Kier alpha value is -3.00. The quantitative estimate of drug-likeness (QED) is 0.171. The lowest BCUT2D eigenvalue weighted by Crippen LogP contribution is -2.56. The number of aryl methyl sites for hydroxylation is 1. The number of nitrogen functional groups attached to an aromatic ring is 1. The lowest BCUT2D eigenvalue weighted by atomic mass is 9.77. The fraction of sp³-hybridized carbons (Fsp3) is 0.514. The largest absolute Gasteiger partial charge is 0.398 e. The van der Waals surface area contributed by atoms with E-state index in [0.717, 1.165) is 68.5 Å². The second-order valence-electron chi connectivity index (χ2n) is 13.4. The van der Waals surface area contributed by atoms with E-state index in [1.54, 1.807) is 29.5 Å². The lowest BCUT2D eigenvalue weighted by Gasteiger charge is -2.46. The number of piperidine rings is 1. The van der Waals surface area contributed by atoms with Crippen molar-refractivity contribution in [1.29, 1.82) is 5.41 Å². The number of nitrogens with two attached hydrogens (primary N) is 1. The predicted octanol–water partition coefficient (Wildman–Crippen LogP) is 7.62. The van der Waals surface area contributed by atoms with Gasteiger partial charge in [-0.2, -0.15) is 11.3 Å². The molecule has 44 heavy (non-hydrogen) atoms. The summed E-state index contributed by atoms with van der Waals surface area (Å²) >= 11 is 1.66. The van der Waals surface area contributed by atoms with Gasteiger partial charge in [0.25, 0.3) is 5.91 Å². The molecule has 6 nitrogen and oxygen atoms in total. The number of benzene rings is 2. The van der Waals surface area contributed by atoms with Crippen molar-refractivity contribution in [1.82, 2.24) is 10.2 Å². The minimum atomic E-state index is -0.115. The number of carbonyl (C=O) groups is 1. The van der Waals surface area contributed by atoms with Crippen LogP contribution in [-0.2, 0) is 11.2 Å². The molecular formula is C37H48N4O2S. The summed E-state index contributed by atoms with van der Waals surface area (Å²) in [5, 5.41) is 16.1. The third-order valence-corrected chi connectivity index (χ3v) is 10.9. The van der Waals surface area contributed by atoms with E-state index in [1.165, 1.54) is 43.2 Å². The van der Waals surface area contributed by atoms with Crippen LogP contribution in [0.15, 0.2) is 59.3 Å². The third kappa shape index (κ3) is 6.80. The summed E-state index contributed by atoms with van der Waals surface area (Å²) < 4.78 is 5.30. The molecule has 1 saturated carbocycles. The Kier molecular flexibility index (Phi) is 9.84. The molecule has 3 atom stereocenters. The highest BCUT2D eigenvalue weighted by molar-refractivity contribution is 7.08. The normalized spacial score (nSPS) is 24.0. The number of anilines is 1. The van der Waals surface area contributed by atoms with Crippen LogP contribution in [0.5, 0.6) is 0 Å². The topological polar surface area (TPSA) is 91.4 Å². The molecule has 7 rings (SSSR count). The van der Waals surface area contributed by atoms with Crippen LogP contribution >= 0.6 is 11.3 Å². The van der Waals surface area contributed by atoms with Gasteiger partial charge in [0, 0.05) is 34.5 Å². The average molecular weight is 613 g/mol.